The van der Waals surface area contributed by atoms with Gasteiger partial charge in [0.05, 0.1) is 16.3 Å². The lowest BCUT2D eigenvalue weighted by molar-refractivity contribution is -0.119. The molecule has 0 aromatic carbocycles. The molecule has 0 spiro atoms. The van der Waals surface area contributed by atoms with Crippen LogP contribution in [0.2, 0.25) is 0 Å². The second-order valence-corrected chi connectivity index (χ2v) is 14.8. The first kappa shape index (κ1) is 26.1. The van der Waals surface area contributed by atoms with E-state index in [1.807, 2.05) is 24.7 Å². The van der Waals surface area contributed by atoms with Crippen molar-refractivity contribution in [1.82, 2.24) is 9.78 Å². The summed E-state index contributed by atoms with van der Waals surface area (Å²) < 4.78 is 55.9. The van der Waals surface area contributed by atoms with Crippen LogP contribution in [0.15, 0.2) is 11.0 Å². The summed E-state index contributed by atoms with van der Waals surface area (Å²) in [5.74, 6) is -3.18. The van der Waals surface area contributed by atoms with Crippen LogP contribution in [0.4, 0.5) is 8.78 Å². The Morgan fingerprint density at radius 2 is 1.94 bits per heavy atom. The normalized spacial score (nSPS) is 21.7. The standard InChI is InChI=1S/C26H32F2N2O3S3/c1-15-7-19(30(2)29-15)10-20(34)8-16-3-6-23-21(9-16)25(24(35-23)11-22(31)18-4-5-18)36(32,33)14-17-12-26(27,28)13-17/h7,16-18H,3-6,8-14H2,1-2H3/t16-/m1/s1. The lowest BCUT2D eigenvalue weighted by Crippen LogP contribution is -2.39. The molecule has 0 unspecified atom stereocenters. The van der Waals surface area contributed by atoms with E-state index in [-0.39, 0.29) is 47.5 Å². The van der Waals surface area contributed by atoms with Crippen molar-refractivity contribution in [3.63, 3.8) is 0 Å². The first-order chi connectivity index (χ1) is 16.9. The van der Waals surface area contributed by atoms with E-state index in [4.69, 9.17) is 12.2 Å². The number of rotatable bonds is 10. The Morgan fingerprint density at radius 1 is 1.22 bits per heavy atom. The van der Waals surface area contributed by atoms with Crippen molar-refractivity contribution < 1.29 is 22.0 Å². The molecule has 0 radical (unpaired) electrons. The highest BCUT2D eigenvalue weighted by Gasteiger charge is 2.47. The van der Waals surface area contributed by atoms with Gasteiger partial charge in [0.2, 0.25) is 5.92 Å². The minimum absolute atomic E-state index is 0.0470. The lowest BCUT2D eigenvalue weighted by atomic mass is 9.83. The van der Waals surface area contributed by atoms with Gasteiger partial charge in [-0.2, -0.15) is 5.10 Å². The molecule has 196 valence electrons. The molecule has 10 heteroatoms. The first-order valence-electron chi connectivity index (χ1n) is 12.7. The quantitative estimate of drug-likeness (QED) is 0.376. The van der Waals surface area contributed by atoms with Gasteiger partial charge in [0.25, 0.3) is 0 Å². The zero-order chi connectivity index (χ0) is 25.8. The third kappa shape index (κ3) is 5.65. The van der Waals surface area contributed by atoms with E-state index < -0.39 is 21.7 Å². The number of thiocarbonyl (C=S) groups is 1. The van der Waals surface area contributed by atoms with Gasteiger partial charge in [-0.15, -0.1) is 11.3 Å². The number of sulfone groups is 1. The highest BCUT2D eigenvalue weighted by Crippen LogP contribution is 2.46. The van der Waals surface area contributed by atoms with Gasteiger partial charge in [-0.3, -0.25) is 9.48 Å². The lowest BCUT2D eigenvalue weighted by Gasteiger charge is -2.34. The van der Waals surface area contributed by atoms with E-state index in [0.717, 1.165) is 58.8 Å². The Morgan fingerprint density at radius 3 is 2.56 bits per heavy atom. The number of hydrogen-bond donors (Lipinski definition) is 0. The number of aryl methyl sites for hydroxylation is 3. The average Bonchev–Trinajstić information content (AvgIpc) is 3.46. The van der Waals surface area contributed by atoms with Gasteiger partial charge in [0.15, 0.2) is 9.84 Å². The molecule has 0 saturated heterocycles. The summed E-state index contributed by atoms with van der Waals surface area (Å²) in [7, 11) is -1.87. The zero-order valence-corrected chi connectivity index (χ0v) is 23.1. The molecule has 2 heterocycles. The fourth-order valence-electron chi connectivity index (χ4n) is 5.77. The summed E-state index contributed by atoms with van der Waals surface area (Å²) in [5.41, 5.74) is 2.83. The average molecular weight is 555 g/mol. The van der Waals surface area contributed by atoms with Crippen LogP contribution in [0.3, 0.4) is 0 Å². The number of aromatic nitrogens is 2. The van der Waals surface area contributed by atoms with E-state index in [2.05, 4.69) is 5.10 Å². The van der Waals surface area contributed by atoms with E-state index in [0.29, 0.717) is 17.7 Å². The SMILES string of the molecule is Cc1cc(CC(=S)C[C@H]2CCc3sc(CC(=O)C4CC4)c(S(=O)(=O)CC4CC(F)(F)C4)c3C2)n(C)n1. The van der Waals surface area contributed by atoms with Crippen molar-refractivity contribution in [1.29, 1.82) is 0 Å². The summed E-state index contributed by atoms with van der Waals surface area (Å²) in [6.45, 7) is 1.95. The molecule has 2 fully saturated rings. The van der Waals surface area contributed by atoms with Crippen LogP contribution in [-0.2, 0) is 47.4 Å². The molecule has 2 aromatic rings. The number of Topliss-reactive ketones (excluding diaryl/α,β-unsaturated/α-hetero) is 1. The molecule has 2 saturated carbocycles. The third-order valence-corrected chi connectivity index (χ3v) is 11.4. The number of halogens is 2. The number of nitrogens with zero attached hydrogens (tertiary/aromatic N) is 2. The van der Waals surface area contributed by atoms with Crippen LogP contribution in [-0.4, -0.2) is 40.5 Å². The first-order valence-corrected chi connectivity index (χ1v) is 15.6. The van der Waals surface area contributed by atoms with Crippen LogP contribution < -0.4 is 0 Å². The number of thiophene rings is 1. The molecule has 3 aliphatic carbocycles. The third-order valence-electron chi connectivity index (χ3n) is 7.68. The molecule has 1 atom stereocenters. The van der Waals surface area contributed by atoms with Crippen molar-refractivity contribution in [2.75, 3.05) is 5.75 Å². The molecule has 0 N–H and O–H groups in total. The van der Waals surface area contributed by atoms with Gasteiger partial charge >= 0.3 is 0 Å². The largest absolute Gasteiger partial charge is 0.299 e. The number of ketones is 1. The fraction of sp³-hybridized carbons (Fsp3) is 0.654. The van der Waals surface area contributed by atoms with Gasteiger partial charge < -0.3 is 0 Å². The highest BCUT2D eigenvalue weighted by atomic mass is 32.2. The van der Waals surface area contributed by atoms with Crippen LogP contribution in [0, 0.1) is 24.7 Å². The van der Waals surface area contributed by atoms with Crippen molar-refractivity contribution in [2.45, 2.75) is 81.9 Å². The molecule has 0 amide bonds. The summed E-state index contributed by atoms with van der Waals surface area (Å²) >= 11 is 7.17. The van der Waals surface area contributed by atoms with Gasteiger partial charge in [0, 0.05) is 54.1 Å². The van der Waals surface area contributed by atoms with E-state index in [9.17, 15) is 22.0 Å². The molecule has 2 aromatic heterocycles. The van der Waals surface area contributed by atoms with Gasteiger partial charge in [0.1, 0.15) is 5.78 Å². The zero-order valence-electron chi connectivity index (χ0n) is 20.7. The van der Waals surface area contributed by atoms with Crippen molar-refractivity contribution in [3.8, 4) is 0 Å². The van der Waals surface area contributed by atoms with Gasteiger partial charge in [-0.25, -0.2) is 17.2 Å². The van der Waals surface area contributed by atoms with Gasteiger partial charge in [-0.1, -0.05) is 12.2 Å². The molecule has 5 nitrogen and oxygen atoms in total. The number of carbonyl (C=O) groups excluding carboxylic acids is 1. The molecule has 36 heavy (non-hydrogen) atoms. The second kappa shape index (κ2) is 9.66. The fourth-order valence-corrected chi connectivity index (χ4v) is 10.0. The Hall–Kier alpha value is -1.52. The van der Waals surface area contributed by atoms with Gasteiger partial charge in [-0.05, 0) is 73.8 Å². The molecule has 5 rings (SSSR count). The van der Waals surface area contributed by atoms with Crippen LogP contribution in [0.5, 0.6) is 0 Å². The second-order valence-electron chi connectivity index (χ2n) is 11.0. The van der Waals surface area contributed by atoms with E-state index in [1.54, 1.807) is 0 Å². The Balaban J connectivity index is 1.36. The minimum Gasteiger partial charge on any atom is -0.299 e. The maximum Gasteiger partial charge on any atom is 0.248 e. The summed E-state index contributed by atoms with van der Waals surface area (Å²) in [6.07, 6.45) is 4.80. The topological polar surface area (TPSA) is 69.0 Å². The Labute approximate surface area is 220 Å². The minimum atomic E-state index is -3.77. The summed E-state index contributed by atoms with van der Waals surface area (Å²) in [5, 5.41) is 4.38. The molecule has 0 aliphatic heterocycles. The number of fused-ring (bicyclic) bond motifs is 1. The maximum atomic E-state index is 13.6. The molecule has 0 bridgehead atoms. The van der Waals surface area contributed by atoms with Crippen LogP contribution in [0.1, 0.15) is 65.2 Å². The monoisotopic (exact) mass is 554 g/mol. The number of carbonyl (C=O) groups is 1. The maximum absolute atomic E-state index is 13.6. The molecule has 3 aliphatic rings. The molecular weight excluding hydrogens is 522 g/mol. The van der Waals surface area contributed by atoms with E-state index in [1.165, 1.54) is 11.3 Å². The predicted octanol–water partition coefficient (Wildman–Crippen LogP) is 5.24. The van der Waals surface area contributed by atoms with Crippen molar-refractivity contribution in [2.24, 2.45) is 24.8 Å². The number of hydrogen-bond acceptors (Lipinski definition) is 6. The van der Waals surface area contributed by atoms with Crippen molar-refractivity contribution in [3.05, 3.63) is 32.8 Å². The van der Waals surface area contributed by atoms with E-state index >= 15 is 0 Å². The highest BCUT2D eigenvalue weighted by molar-refractivity contribution is 7.91. The number of alkyl halides is 2. The van der Waals surface area contributed by atoms with Crippen molar-refractivity contribution >= 4 is 44.0 Å². The van der Waals surface area contributed by atoms with Crippen LogP contribution >= 0.6 is 23.6 Å². The summed E-state index contributed by atoms with van der Waals surface area (Å²) in [6, 6.07) is 2.03. The smallest absolute Gasteiger partial charge is 0.248 e. The summed E-state index contributed by atoms with van der Waals surface area (Å²) in [4.78, 5) is 15.5. The Kier molecular flexibility index (Phi) is 7.00. The predicted molar refractivity (Wildman–Crippen MR) is 140 cm³/mol. The molecular formula is C26H32F2N2O3S3. The Bertz CT molecular complexity index is 1300. The van der Waals surface area contributed by atoms with Crippen LogP contribution in [0.25, 0.3) is 0 Å².